The van der Waals surface area contributed by atoms with Crippen molar-refractivity contribution in [3.63, 3.8) is 0 Å². The van der Waals surface area contributed by atoms with E-state index in [-0.39, 0.29) is 39.2 Å². The van der Waals surface area contributed by atoms with Crippen LogP contribution < -0.4 is 16.4 Å². The monoisotopic (exact) mass is 531 g/mol. The van der Waals surface area contributed by atoms with Crippen molar-refractivity contribution >= 4 is 45.6 Å². The first-order valence-electron chi connectivity index (χ1n) is 10.7. The second kappa shape index (κ2) is 8.74. The first kappa shape index (κ1) is 24.5. The number of hydrogen-bond donors (Lipinski definition) is 3. The minimum atomic E-state index is -4.88. The standard InChI is InChI=1S/C26H15ClF5N3O2/c27-18-5-4-13(28)9-17(18)23-22-20(10-16-15(2-1-3-19(16)33)21(22)25(37)35-23)34-24(36)11-6-12(26(30,31)32)8-14(29)7-11/h1-10,23H,33H2,(H,34,36)(H,35,37). The van der Waals surface area contributed by atoms with E-state index in [0.29, 0.717) is 22.9 Å². The highest BCUT2D eigenvalue weighted by atomic mass is 35.5. The Hall–Kier alpha value is -4.18. The second-order valence-electron chi connectivity index (χ2n) is 8.41. The molecule has 4 aromatic rings. The summed E-state index contributed by atoms with van der Waals surface area (Å²) in [6, 6.07) is 10.3. The highest BCUT2D eigenvalue weighted by molar-refractivity contribution is 6.31. The molecule has 0 radical (unpaired) electrons. The maximum atomic E-state index is 14.1. The van der Waals surface area contributed by atoms with E-state index < -0.39 is 46.8 Å². The predicted octanol–water partition coefficient (Wildman–Crippen LogP) is 6.46. The molecule has 188 valence electrons. The summed E-state index contributed by atoms with van der Waals surface area (Å²) in [4.78, 5) is 26.1. The van der Waals surface area contributed by atoms with Crippen LogP contribution in [0.5, 0.6) is 0 Å². The number of halogens is 6. The largest absolute Gasteiger partial charge is 0.416 e. The van der Waals surface area contributed by atoms with Gasteiger partial charge in [0.15, 0.2) is 0 Å². The van der Waals surface area contributed by atoms with Crippen molar-refractivity contribution in [2.75, 3.05) is 11.1 Å². The molecular formula is C26H15ClF5N3O2. The third-order valence-electron chi connectivity index (χ3n) is 6.05. The van der Waals surface area contributed by atoms with Gasteiger partial charge in [-0.15, -0.1) is 0 Å². The summed E-state index contributed by atoms with van der Waals surface area (Å²) < 4.78 is 67.6. The van der Waals surface area contributed by atoms with Gasteiger partial charge in [-0.2, -0.15) is 13.2 Å². The van der Waals surface area contributed by atoms with Crippen molar-refractivity contribution in [2.24, 2.45) is 0 Å². The summed E-state index contributed by atoms with van der Waals surface area (Å²) in [5.74, 6) is -3.51. The number of amides is 2. The van der Waals surface area contributed by atoms with Gasteiger partial charge >= 0.3 is 6.18 Å². The Labute approximate surface area is 211 Å². The van der Waals surface area contributed by atoms with Gasteiger partial charge in [0, 0.05) is 38.5 Å². The first-order valence-corrected chi connectivity index (χ1v) is 11.1. The van der Waals surface area contributed by atoms with Gasteiger partial charge in [-0.25, -0.2) is 8.78 Å². The van der Waals surface area contributed by atoms with Crippen LogP contribution in [0.15, 0.2) is 60.7 Å². The van der Waals surface area contributed by atoms with E-state index in [9.17, 15) is 31.5 Å². The fraction of sp³-hybridized carbons (Fsp3) is 0.0769. The zero-order valence-electron chi connectivity index (χ0n) is 18.5. The fourth-order valence-electron chi connectivity index (χ4n) is 4.44. The highest BCUT2D eigenvalue weighted by Gasteiger charge is 2.37. The van der Waals surface area contributed by atoms with E-state index in [1.807, 2.05) is 0 Å². The van der Waals surface area contributed by atoms with Crippen molar-refractivity contribution in [3.05, 3.63) is 105 Å². The summed E-state index contributed by atoms with van der Waals surface area (Å²) in [6.07, 6.45) is -4.88. The number of hydrogen-bond acceptors (Lipinski definition) is 3. The molecule has 4 aromatic carbocycles. The number of anilines is 2. The molecule has 1 aliphatic heterocycles. The van der Waals surface area contributed by atoms with E-state index in [2.05, 4.69) is 10.6 Å². The Morgan fingerprint density at radius 3 is 2.46 bits per heavy atom. The predicted molar refractivity (Wildman–Crippen MR) is 128 cm³/mol. The zero-order valence-corrected chi connectivity index (χ0v) is 19.3. The van der Waals surface area contributed by atoms with Crippen molar-refractivity contribution in [1.29, 1.82) is 0 Å². The van der Waals surface area contributed by atoms with Crippen molar-refractivity contribution < 1.29 is 31.5 Å². The molecule has 1 aliphatic rings. The quantitative estimate of drug-likeness (QED) is 0.210. The maximum absolute atomic E-state index is 14.1. The molecule has 4 N–H and O–H groups in total. The van der Waals surface area contributed by atoms with Crippen LogP contribution in [0.4, 0.5) is 33.3 Å². The lowest BCUT2D eigenvalue weighted by atomic mass is 9.91. The number of nitrogens with two attached hydrogens (primary N) is 1. The van der Waals surface area contributed by atoms with Gasteiger partial charge in [-0.1, -0.05) is 23.7 Å². The van der Waals surface area contributed by atoms with Crippen LogP contribution >= 0.6 is 11.6 Å². The number of rotatable bonds is 3. The van der Waals surface area contributed by atoms with Crippen LogP contribution in [-0.2, 0) is 6.18 Å². The summed E-state index contributed by atoms with van der Waals surface area (Å²) in [5.41, 5.74) is 4.95. The molecule has 0 aliphatic carbocycles. The zero-order chi connectivity index (χ0) is 26.6. The smallest absolute Gasteiger partial charge is 0.398 e. The van der Waals surface area contributed by atoms with Crippen LogP contribution in [0.2, 0.25) is 5.02 Å². The lowest BCUT2D eigenvalue weighted by Gasteiger charge is -2.19. The fourth-order valence-corrected chi connectivity index (χ4v) is 4.66. The topological polar surface area (TPSA) is 84.2 Å². The van der Waals surface area contributed by atoms with E-state index in [1.165, 1.54) is 12.1 Å². The minimum absolute atomic E-state index is 0.00639. The van der Waals surface area contributed by atoms with E-state index in [4.69, 9.17) is 17.3 Å². The van der Waals surface area contributed by atoms with Crippen molar-refractivity contribution in [2.45, 2.75) is 12.2 Å². The molecule has 0 saturated heterocycles. The number of carbonyl (C=O) groups excluding carboxylic acids is 2. The molecule has 1 unspecified atom stereocenters. The molecule has 0 fully saturated rings. The number of carbonyl (C=O) groups is 2. The summed E-state index contributed by atoms with van der Waals surface area (Å²) in [7, 11) is 0. The number of fused-ring (bicyclic) bond motifs is 3. The Balaban J connectivity index is 1.70. The van der Waals surface area contributed by atoms with Crippen molar-refractivity contribution in [1.82, 2.24) is 5.32 Å². The highest BCUT2D eigenvalue weighted by Crippen LogP contribution is 2.44. The average Bonchev–Trinajstić information content (AvgIpc) is 3.18. The lowest BCUT2D eigenvalue weighted by Crippen LogP contribution is -2.21. The van der Waals surface area contributed by atoms with Gasteiger partial charge in [0.05, 0.1) is 17.2 Å². The summed E-state index contributed by atoms with van der Waals surface area (Å²) in [5, 5.41) is 6.14. The second-order valence-corrected chi connectivity index (χ2v) is 8.82. The van der Waals surface area contributed by atoms with Crippen LogP contribution in [-0.4, -0.2) is 11.8 Å². The Bertz CT molecular complexity index is 1620. The molecule has 1 atom stereocenters. The van der Waals surface area contributed by atoms with Gasteiger partial charge < -0.3 is 16.4 Å². The van der Waals surface area contributed by atoms with Gasteiger partial charge in [0.2, 0.25) is 0 Å². The van der Waals surface area contributed by atoms with Crippen LogP contribution in [0, 0.1) is 11.6 Å². The molecule has 11 heteroatoms. The SMILES string of the molecule is Nc1cccc2c3c(c(NC(=O)c4cc(F)cc(C(F)(F)F)c4)cc12)C(c1cc(F)ccc1Cl)NC3=O. The molecule has 0 spiro atoms. The third-order valence-corrected chi connectivity index (χ3v) is 6.40. The van der Waals surface area contributed by atoms with Crippen LogP contribution in [0.25, 0.3) is 10.8 Å². The average molecular weight is 532 g/mol. The molecule has 5 rings (SSSR count). The minimum Gasteiger partial charge on any atom is -0.398 e. The maximum Gasteiger partial charge on any atom is 0.416 e. The van der Waals surface area contributed by atoms with Gasteiger partial charge in [0.1, 0.15) is 11.6 Å². The molecule has 1 heterocycles. The Kier molecular flexibility index (Phi) is 5.79. The van der Waals surface area contributed by atoms with E-state index in [0.717, 1.165) is 12.1 Å². The molecule has 0 saturated carbocycles. The van der Waals surface area contributed by atoms with Crippen LogP contribution in [0.1, 0.15) is 43.4 Å². The van der Waals surface area contributed by atoms with Crippen molar-refractivity contribution in [3.8, 4) is 0 Å². The van der Waals surface area contributed by atoms with Crippen LogP contribution in [0.3, 0.4) is 0 Å². The van der Waals surface area contributed by atoms with Gasteiger partial charge in [0.25, 0.3) is 11.8 Å². The lowest BCUT2D eigenvalue weighted by molar-refractivity contribution is -0.137. The number of alkyl halides is 3. The number of nitrogen functional groups attached to an aromatic ring is 1. The van der Waals surface area contributed by atoms with E-state index in [1.54, 1.807) is 18.2 Å². The molecular weight excluding hydrogens is 517 g/mol. The van der Waals surface area contributed by atoms with Gasteiger partial charge in [-0.05, 0) is 53.9 Å². The Morgan fingerprint density at radius 1 is 0.973 bits per heavy atom. The number of nitrogens with one attached hydrogen (secondary N) is 2. The molecule has 0 aromatic heterocycles. The molecule has 0 bridgehead atoms. The number of benzene rings is 4. The van der Waals surface area contributed by atoms with E-state index >= 15 is 0 Å². The normalized spacial score (nSPS) is 15.0. The Morgan fingerprint density at radius 2 is 1.73 bits per heavy atom. The first-order chi connectivity index (χ1) is 17.4. The molecule has 37 heavy (non-hydrogen) atoms. The van der Waals surface area contributed by atoms with Gasteiger partial charge in [-0.3, -0.25) is 9.59 Å². The summed E-state index contributed by atoms with van der Waals surface area (Å²) in [6.45, 7) is 0. The molecule has 2 amide bonds. The molecule has 5 nitrogen and oxygen atoms in total. The third kappa shape index (κ3) is 4.33. The summed E-state index contributed by atoms with van der Waals surface area (Å²) >= 11 is 6.29.